The molecular weight excluding hydrogens is 248 g/mol. The van der Waals surface area contributed by atoms with Crippen LogP contribution in [0.1, 0.15) is 18.5 Å². The lowest BCUT2D eigenvalue weighted by atomic mass is 10.1. The Balaban J connectivity index is 1.80. The van der Waals surface area contributed by atoms with E-state index >= 15 is 0 Å². The molecule has 0 spiro atoms. The van der Waals surface area contributed by atoms with Gasteiger partial charge in [-0.1, -0.05) is 23.7 Å². The van der Waals surface area contributed by atoms with Crippen LogP contribution in [-0.4, -0.2) is 44.3 Å². The summed E-state index contributed by atoms with van der Waals surface area (Å²) in [6.07, 6.45) is 0.290. The topological polar surface area (TPSA) is 24.5 Å². The van der Waals surface area contributed by atoms with Crippen molar-refractivity contribution < 1.29 is 4.74 Å². The Bertz CT molecular complexity index is 369. The zero-order valence-electron chi connectivity index (χ0n) is 11.0. The number of benzene rings is 1. The molecule has 0 bridgehead atoms. The second kappa shape index (κ2) is 6.53. The van der Waals surface area contributed by atoms with Crippen LogP contribution in [0.25, 0.3) is 0 Å². The predicted octanol–water partition coefficient (Wildman–Crippen LogP) is 2.32. The Labute approximate surface area is 114 Å². The summed E-state index contributed by atoms with van der Waals surface area (Å²) >= 11 is 5.89. The molecule has 1 aromatic rings. The van der Waals surface area contributed by atoms with Gasteiger partial charge in [0, 0.05) is 30.7 Å². The smallest absolute Gasteiger partial charge is 0.0826 e. The molecule has 2 unspecified atom stereocenters. The van der Waals surface area contributed by atoms with Crippen LogP contribution in [0, 0.1) is 0 Å². The van der Waals surface area contributed by atoms with Crippen molar-refractivity contribution in [3.63, 3.8) is 0 Å². The van der Waals surface area contributed by atoms with Gasteiger partial charge >= 0.3 is 0 Å². The molecule has 0 aromatic heterocycles. The average Bonchev–Trinajstić information content (AvgIpc) is 2.37. The molecule has 1 saturated heterocycles. The van der Waals surface area contributed by atoms with Gasteiger partial charge in [-0.15, -0.1) is 0 Å². The summed E-state index contributed by atoms with van der Waals surface area (Å²) in [6.45, 7) is 5.91. The lowest BCUT2D eigenvalue weighted by molar-refractivity contribution is -0.0190. The third-order valence-electron chi connectivity index (χ3n) is 3.36. The molecule has 1 N–H and O–H groups in total. The number of halogens is 1. The summed E-state index contributed by atoms with van der Waals surface area (Å²) in [4.78, 5) is 2.31. The van der Waals surface area contributed by atoms with Gasteiger partial charge in [-0.3, -0.25) is 0 Å². The van der Waals surface area contributed by atoms with Crippen molar-refractivity contribution in [1.29, 1.82) is 0 Å². The quantitative estimate of drug-likeness (QED) is 0.907. The van der Waals surface area contributed by atoms with Crippen LogP contribution in [0.15, 0.2) is 24.3 Å². The number of hydrogen-bond donors (Lipinski definition) is 1. The minimum Gasteiger partial charge on any atom is -0.374 e. The van der Waals surface area contributed by atoms with E-state index in [4.69, 9.17) is 16.3 Å². The molecule has 1 aromatic carbocycles. The van der Waals surface area contributed by atoms with E-state index < -0.39 is 0 Å². The standard InChI is InChI=1S/C14H21ClN2O/c1-11(12-3-5-13(15)6-4-12)16-9-14-10-17(2)7-8-18-14/h3-6,11,14,16H,7-10H2,1-2H3. The molecule has 1 aliphatic heterocycles. The molecular formula is C14H21ClN2O. The summed E-state index contributed by atoms with van der Waals surface area (Å²) in [5, 5.41) is 4.29. The van der Waals surface area contributed by atoms with Gasteiger partial charge in [0.1, 0.15) is 0 Å². The van der Waals surface area contributed by atoms with E-state index in [0.717, 1.165) is 31.3 Å². The molecule has 1 heterocycles. The fraction of sp³-hybridized carbons (Fsp3) is 0.571. The average molecular weight is 269 g/mol. The largest absolute Gasteiger partial charge is 0.374 e. The summed E-state index contributed by atoms with van der Waals surface area (Å²) in [5.41, 5.74) is 1.25. The summed E-state index contributed by atoms with van der Waals surface area (Å²) in [7, 11) is 2.14. The molecule has 1 aliphatic rings. The van der Waals surface area contributed by atoms with Gasteiger partial charge in [0.15, 0.2) is 0 Å². The SMILES string of the molecule is CC(NCC1CN(C)CCO1)c1ccc(Cl)cc1. The fourth-order valence-electron chi connectivity index (χ4n) is 2.17. The zero-order valence-corrected chi connectivity index (χ0v) is 11.8. The van der Waals surface area contributed by atoms with E-state index in [-0.39, 0.29) is 0 Å². The summed E-state index contributed by atoms with van der Waals surface area (Å²) < 4.78 is 5.73. The Morgan fingerprint density at radius 2 is 2.17 bits per heavy atom. The molecule has 100 valence electrons. The highest BCUT2D eigenvalue weighted by molar-refractivity contribution is 6.30. The first-order valence-electron chi connectivity index (χ1n) is 6.44. The Morgan fingerprint density at radius 3 is 2.83 bits per heavy atom. The monoisotopic (exact) mass is 268 g/mol. The molecule has 4 heteroatoms. The minimum absolute atomic E-state index is 0.290. The second-order valence-electron chi connectivity index (χ2n) is 4.94. The second-order valence-corrected chi connectivity index (χ2v) is 5.37. The van der Waals surface area contributed by atoms with Crippen LogP contribution in [0.4, 0.5) is 0 Å². The predicted molar refractivity (Wildman–Crippen MR) is 75.1 cm³/mol. The Kier molecular flexibility index (Phi) is 5.01. The van der Waals surface area contributed by atoms with Crippen molar-refractivity contribution in [3.05, 3.63) is 34.9 Å². The van der Waals surface area contributed by atoms with Crippen LogP contribution in [0.2, 0.25) is 5.02 Å². The van der Waals surface area contributed by atoms with Gasteiger partial charge in [-0.25, -0.2) is 0 Å². The van der Waals surface area contributed by atoms with Gasteiger partial charge < -0.3 is 15.0 Å². The number of morpholine rings is 1. The molecule has 0 aliphatic carbocycles. The number of likely N-dealkylation sites (N-methyl/N-ethyl adjacent to an activating group) is 1. The van der Waals surface area contributed by atoms with Gasteiger partial charge in [0.25, 0.3) is 0 Å². The van der Waals surface area contributed by atoms with Crippen molar-refractivity contribution in [2.75, 3.05) is 33.3 Å². The van der Waals surface area contributed by atoms with Gasteiger partial charge in [-0.05, 0) is 31.7 Å². The lowest BCUT2D eigenvalue weighted by Gasteiger charge is -2.31. The van der Waals surface area contributed by atoms with Crippen molar-refractivity contribution in [1.82, 2.24) is 10.2 Å². The molecule has 1 fully saturated rings. The minimum atomic E-state index is 0.290. The van der Waals surface area contributed by atoms with E-state index in [1.54, 1.807) is 0 Å². The molecule has 2 rings (SSSR count). The highest BCUT2D eigenvalue weighted by atomic mass is 35.5. The van der Waals surface area contributed by atoms with E-state index in [0.29, 0.717) is 12.1 Å². The highest BCUT2D eigenvalue weighted by Gasteiger charge is 2.18. The number of nitrogens with zero attached hydrogens (tertiary/aromatic N) is 1. The maximum Gasteiger partial charge on any atom is 0.0826 e. The summed E-state index contributed by atoms with van der Waals surface area (Å²) in [6, 6.07) is 8.31. The van der Waals surface area contributed by atoms with Crippen molar-refractivity contribution in [2.24, 2.45) is 0 Å². The lowest BCUT2D eigenvalue weighted by Crippen LogP contribution is -2.45. The molecule has 0 amide bonds. The number of rotatable bonds is 4. The van der Waals surface area contributed by atoms with Crippen LogP contribution >= 0.6 is 11.6 Å². The van der Waals surface area contributed by atoms with E-state index in [2.05, 4.69) is 36.3 Å². The van der Waals surface area contributed by atoms with Crippen molar-refractivity contribution >= 4 is 11.6 Å². The van der Waals surface area contributed by atoms with Gasteiger partial charge in [-0.2, -0.15) is 0 Å². The Morgan fingerprint density at radius 1 is 1.44 bits per heavy atom. The normalized spacial score (nSPS) is 22.9. The molecule has 0 radical (unpaired) electrons. The number of ether oxygens (including phenoxy) is 1. The first kappa shape index (κ1) is 13.8. The van der Waals surface area contributed by atoms with E-state index in [9.17, 15) is 0 Å². The maximum atomic E-state index is 5.89. The maximum absolute atomic E-state index is 5.89. The summed E-state index contributed by atoms with van der Waals surface area (Å²) in [5.74, 6) is 0. The first-order chi connectivity index (χ1) is 8.65. The Hall–Kier alpha value is -0.610. The number of nitrogens with one attached hydrogen (secondary N) is 1. The highest BCUT2D eigenvalue weighted by Crippen LogP contribution is 2.16. The molecule has 2 atom stereocenters. The molecule has 18 heavy (non-hydrogen) atoms. The van der Waals surface area contributed by atoms with Gasteiger partial charge in [0.05, 0.1) is 12.7 Å². The first-order valence-corrected chi connectivity index (χ1v) is 6.82. The van der Waals surface area contributed by atoms with E-state index in [1.807, 2.05) is 12.1 Å². The molecule has 3 nitrogen and oxygen atoms in total. The zero-order chi connectivity index (χ0) is 13.0. The van der Waals surface area contributed by atoms with Gasteiger partial charge in [0.2, 0.25) is 0 Å². The fourth-order valence-corrected chi connectivity index (χ4v) is 2.29. The molecule has 0 saturated carbocycles. The van der Waals surface area contributed by atoms with Crippen LogP contribution in [-0.2, 0) is 4.74 Å². The van der Waals surface area contributed by atoms with Crippen LogP contribution < -0.4 is 5.32 Å². The van der Waals surface area contributed by atoms with Crippen LogP contribution in [0.3, 0.4) is 0 Å². The van der Waals surface area contributed by atoms with Crippen molar-refractivity contribution in [3.8, 4) is 0 Å². The van der Waals surface area contributed by atoms with E-state index in [1.165, 1.54) is 5.56 Å². The third-order valence-corrected chi connectivity index (χ3v) is 3.62. The number of hydrogen-bond acceptors (Lipinski definition) is 3. The third kappa shape index (κ3) is 3.95. The van der Waals surface area contributed by atoms with Crippen molar-refractivity contribution in [2.45, 2.75) is 19.1 Å². The van der Waals surface area contributed by atoms with Crippen LogP contribution in [0.5, 0.6) is 0 Å².